The number of hydrogen-bond donors (Lipinski definition) is 4. The zero-order chi connectivity index (χ0) is 19.3. The van der Waals surface area contributed by atoms with E-state index in [0.717, 1.165) is 15.7 Å². The summed E-state index contributed by atoms with van der Waals surface area (Å²) in [7, 11) is 0. The van der Waals surface area contributed by atoms with E-state index >= 15 is 0 Å². The van der Waals surface area contributed by atoms with E-state index in [-0.39, 0.29) is 18.0 Å². The Hall–Kier alpha value is -1.89. The third-order valence-corrected chi connectivity index (χ3v) is 3.87. The second-order valence-corrected chi connectivity index (χ2v) is 6.55. The van der Waals surface area contributed by atoms with Crippen molar-refractivity contribution in [1.29, 1.82) is 0 Å². The molecular weight excluding hydrogens is 463 g/mol. The number of nitrogens with zero attached hydrogens (tertiary/aromatic N) is 1. The average molecular weight is 479 g/mol. The van der Waals surface area contributed by atoms with Gasteiger partial charge in [0, 0.05) is 9.77 Å². The van der Waals surface area contributed by atoms with Crippen molar-refractivity contribution in [3.05, 3.63) is 50.7 Å². The molecule has 0 radical (unpaired) electrons. The summed E-state index contributed by atoms with van der Waals surface area (Å²) in [6.45, 7) is 0.811. The molecule has 0 aliphatic heterocycles. The van der Waals surface area contributed by atoms with Gasteiger partial charge in [0.1, 0.15) is 18.5 Å². The Kier molecular flexibility index (Phi) is 7.20. The summed E-state index contributed by atoms with van der Waals surface area (Å²) in [4.78, 5) is 21.1. The Bertz CT molecular complexity index is 807. The summed E-state index contributed by atoms with van der Waals surface area (Å²) in [6, 6.07) is 3.68. The molecule has 0 spiro atoms. The maximum absolute atomic E-state index is 14.3. The molecule has 1 aromatic carbocycles. The minimum atomic E-state index is -1.24. The van der Waals surface area contributed by atoms with E-state index in [0.29, 0.717) is 5.56 Å². The van der Waals surface area contributed by atoms with Crippen LogP contribution >= 0.6 is 22.6 Å². The van der Waals surface area contributed by atoms with Gasteiger partial charge in [0.15, 0.2) is 11.6 Å². The van der Waals surface area contributed by atoms with Crippen molar-refractivity contribution in [2.75, 3.05) is 18.5 Å². The van der Waals surface area contributed by atoms with Crippen LogP contribution in [0.4, 0.5) is 20.3 Å². The van der Waals surface area contributed by atoms with E-state index < -0.39 is 35.9 Å². The lowest BCUT2D eigenvalue weighted by atomic mass is 10.1. The SMILES string of the molecule is Cc1cc(I)cnc1Nc1c(C(=O)NOCC(O)CO)ccc(F)c1F. The van der Waals surface area contributed by atoms with Crippen molar-refractivity contribution >= 4 is 40.0 Å². The normalized spacial score (nSPS) is 11.9. The first-order valence-electron chi connectivity index (χ1n) is 7.41. The molecule has 0 saturated heterocycles. The largest absolute Gasteiger partial charge is 0.394 e. The lowest BCUT2D eigenvalue weighted by Gasteiger charge is -2.15. The highest BCUT2D eigenvalue weighted by Crippen LogP contribution is 2.27. The number of anilines is 2. The lowest BCUT2D eigenvalue weighted by Crippen LogP contribution is -2.30. The van der Waals surface area contributed by atoms with Crippen LogP contribution in [0.2, 0.25) is 0 Å². The Morgan fingerprint density at radius 3 is 2.81 bits per heavy atom. The van der Waals surface area contributed by atoms with Gasteiger partial charge in [-0.3, -0.25) is 9.63 Å². The standard InChI is InChI=1S/C16H16F2IN3O4/c1-8-4-9(19)5-20-15(8)21-14-11(2-3-12(17)13(14)18)16(25)22-26-7-10(24)6-23/h2-5,10,23-24H,6-7H2,1H3,(H,20,21)(H,22,25). The summed E-state index contributed by atoms with van der Waals surface area (Å²) in [5.41, 5.74) is 2.06. The van der Waals surface area contributed by atoms with Crippen LogP contribution in [0.1, 0.15) is 15.9 Å². The van der Waals surface area contributed by atoms with Crippen molar-refractivity contribution < 1.29 is 28.6 Å². The number of pyridine rings is 1. The van der Waals surface area contributed by atoms with Gasteiger partial charge in [-0.15, -0.1) is 0 Å². The fourth-order valence-corrected chi connectivity index (χ4v) is 2.57. The molecule has 1 amide bonds. The van der Waals surface area contributed by atoms with Gasteiger partial charge in [0.25, 0.3) is 5.91 Å². The molecule has 1 heterocycles. The number of rotatable bonds is 7. The average Bonchev–Trinajstić information content (AvgIpc) is 2.60. The number of hydrogen-bond acceptors (Lipinski definition) is 6. The summed E-state index contributed by atoms with van der Waals surface area (Å²) in [6.07, 6.45) is 0.350. The first kappa shape index (κ1) is 20.4. The number of nitrogens with one attached hydrogen (secondary N) is 2. The highest BCUT2D eigenvalue weighted by Gasteiger charge is 2.20. The maximum Gasteiger partial charge on any atom is 0.277 e. The summed E-state index contributed by atoms with van der Waals surface area (Å²) in [5.74, 6) is -2.98. The van der Waals surface area contributed by atoms with Crippen LogP contribution < -0.4 is 10.8 Å². The van der Waals surface area contributed by atoms with E-state index in [1.54, 1.807) is 13.0 Å². The van der Waals surface area contributed by atoms with Gasteiger partial charge in [-0.25, -0.2) is 19.2 Å². The molecular formula is C16H16F2IN3O4. The number of carbonyl (C=O) groups excluding carboxylic acids is 1. The maximum atomic E-state index is 14.3. The molecule has 0 bridgehead atoms. The second kappa shape index (κ2) is 9.16. The van der Waals surface area contributed by atoms with Gasteiger partial charge >= 0.3 is 0 Å². The molecule has 1 aromatic heterocycles. The van der Waals surface area contributed by atoms with Crippen molar-refractivity contribution in [3.63, 3.8) is 0 Å². The molecule has 0 saturated carbocycles. The van der Waals surface area contributed by atoms with Gasteiger partial charge < -0.3 is 15.5 Å². The molecule has 4 N–H and O–H groups in total. The van der Waals surface area contributed by atoms with Crippen molar-refractivity contribution in [2.45, 2.75) is 13.0 Å². The van der Waals surface area contributed by atoms with E-state index in [4.69, 9.17) is 15.1 Å². The molecule has 10 heteroatoms. The zero-order valence-corrected chi connectivity index (χ0v) is 15.8. The quantitative estimate of drug-likeness (QED) is 0.358. The molecule has 0 aliphatic carbocycles. The van der Waals surface area contributed by atoms with Crippen molar-refractivity contribution in [2.24, 2.45) is 0 Å². The van der Waals surface area contributed by atoms with Crippen LogP contribution in [-0.4, -0.2) is 40.4 Å². The lowest BCUT2D eigenvalue weighted by molar-refractivity contribution is -0.0295. The fourth-order valence-electron chi connectivity index (χ4n) is 1.96. The molecule has 7 nitrogen and oxygen atoms in total. The monoisotopic (exact) mass is 479 g/mol. The minimum absolute atomic E-state index is 0.220. The Morgan fingerprint density at radius 1 is 1.42 bits per heavy atom. The van der Waals surface area contributed by atoms with Gasteiger partial charge in [-0.1, -0.05) is 0 Å². The summed E-state index contributed by atoms with van der Waals surface area (Å²) >= 11 is 2.06. The highest BCUT2D eigenvalue weighted by molar-refractivity contribution is 14.1. The molecule has 26 heavy (non-hydrogen) atoms. The second-order valence-electron chi connectivity index (χ2n) is 5.31. The Morgan fingerprint density at radius 2 is 2.15 bits per heavy atom. The van der Waals surface area contributed by atoms with Crippen molar-refractivity contribution in [3.8, 4) is 0 Å². The number of amides is 1. The number of hydroxylamine groups is 1. The molecule has 0 aliphatic rings. The van der Waals surface area contributed by atoms with Crippen LogP contribution in [0.5, 0.6) is 0 Å². The van der Waals surface area contributed by atoms with Gasteiger partial charge in [0.05, 0.1) is 17.9 Å². The minimum Gasteiger partial charge on any atom is -0.394 e. The van der Waals surface area contributed by atoms with Crippen LogP contribution in [0.3, 0.4) is 0 Å². The van der Waals surface area contributed by atoms with Crippen molar-refractivity contribution in [1.82, 2.24) is 10.5 Å². The number of halogens is 3. The van der Waals surface area contributed by atoms with Gasteiger partial charge in [-0.2, -0.15) is 0 Å². The Balaban J connectivity index is 2.27. The molecule has 2 rings (SSSR count). The van der Waals surface area contributed by atoms with E-state index in [1.165, 1.54) is 6.20 Å². The summed E-state index contributed by atoms with van der Waals surface area (Å²) in [5, 5.41) is 20.5. The van der Waals surface area contributed by atoms with E-state index in [1.807, 2.05) is 5.48 Å². The van der Waals surface area contributed by atoms with Gasteiger partial charge in [0.2, 0.25) is 0 Å². The number of carbonyl (C=O) groups is 1. The molecule has 140 valence electrons. The molecule has 0 fully saturated rings. The topological polar surface area (TPSA) is 104 Å². The van der Waals surface area contributed by atoms with Gasteiger partial charge in [-0.05, 0) is 53.3 Å². The van der Waals surface area contributed by atoms with Crippen LogP contribution in [-0.2, 0) is 4.84 Å². The van der Waals surface area contributed by atoms with E-state index in [2.05, 4.69) is 32.9 Å². The van der Waals surface area contributed by atoms with Crippen LogP contribution in [0.15, 0.2) is 24.4 Å². The number of aliphatic hydroxyl groups is 2. The first-order valence-corrected chi connectivity index (χ1v) is 8.49. The third kappa shape index (κ3) is 5.06. The molecule has 2 aromatic rings. The third-order valence-electron chi connectivity index (χ3n) is 3.28. The fraction of sp³-hybridized carbons (Fsp3) is 0.250. The summed E-state index contributed by atoms with van der Waals surface area (Å²) < 4.78 is 28.8. The smallest absolute Gasteiger partial charge is 0.277 e. The highest BCUT2D eigenvalue weighted by atomic mass is 127. The number of aromatic nitrogens is 1. The number of aryl methyl sites for hydroxylation is 1. The zero-order valence-electron chi connectivity index (χ0n) is 13.6. The number of benzene rings is 1. The Labute approximate surface area is 161 Å². The van der Waals surface area contributed by atoms with E-state index in [9.17, 15) is 13.6 Å². The van der Waals surface area contributed by atoms with Crippen LogP contribution in [0.25, 0.3) is 0 Å². The molecule has 1 atom stereocenters. The predicted molar refractivity (Wildman–Crippen MR) is 97.8 cm³/mol. The molecule has 1 unspecified atom stereocenters. The number of aliphatic hydroxyl groups excluding tert-OH is 2. The first-order chi connectivity index (χ1) is 12.3. The van der Waals surface area contributed by atoms with Crippen LogP contribution in [0, 0.1) is 22.1 Å². The predicted octanol–water partition coefficient (Wildman–Crippen LogP) is 2.03.